The largest absolute Gasteiger partial charge is 0.223 e. The number of rotatable bonds is 9. The maximum Gasteiger partial charge on any atom is 0.182 e. The molecule has 0 N–H and O–H groups in total. The fraction of sp³-hybridized carbons (Fsp3) is 0.333. The second kappa shape index (κ2) is 10.1. The lowest BCUT2D eigenvalue weighted by Gasteiger charge is -2.05. The van der Waals surface area contributed by atoms with Crippen molar-refractivity contribution in [1.82, 2.24) is 0 Å². The van der Waals surface area contributed by atoms with E-state index < -0.39 is 9.84 Å². The molecule has 130 valence electrons. The summed E-state index contributed by atoms with van der Waals surface area (Å²) in [6.45, 7) is 10.1. The van der Waals surface area contributed by atoms with E-state index in [4.69, 9.17) is 0 Å². The Kier molecular flexibility index (Phi) is 8.48. The average Bonchev–Trinajstić information content (AvgIpc) is 2.54. The fourth-order valence-electron chi connectivity index (χ4n) is 2.23. The molecule has 1 aromatic rings. The van der Waals surface area contributed by atoms with Gasteiger partial charge in [0.15, 0.2) is 9.84 Å². The summed E-state index contributed by atoms with van der Waals surface area (Å²) in [4.78, 5) is 0.353. The summed E-state index contributed by atoms with van der Waals surface area (Å²) in [6, 6.07) is 8.55. The molecule has 0 aliphatic carbocycles. The third-order valence-electron chi connectivity index (χ3n) is 3.66. The number of allylic oxidation sites excluding steroid dienone is 6. The number of hydrogen-bond acceptors (Lipinski definition) is 2. The summed E-state index contributed by atoms with van der Waals surface area (Å²) < 4.78 is 24.8. The van der Waals surface area contributed by atoms with Crippen molar-refractivity contribution >= 4 is 9.84 Å². The van der Waals surface area contributed by atoms with Crippen molar-refractivity contribution in [1.29, 1.82) is 0 Å². The zero-order valence-corrected chi connectivity index (χ0v) is 15.8. The van der Waals surface area contributed by atoms with Crippen LogP contribution in [-0.2, 0) is 9.84 Å². The van der Waals surface area contributed by atoms with Gasteiger partial charge in [-0.05, 0) is 57.7 Å². The van der Waals surface area contributed by atoms with Crippen molar-refractivity contribution in [3.05, 3.63) is 77.9 Å². The summed E-state index contributed by atoms with van der Waals surface area (Å²) in [5.41, 5.74) is 3.40. The van der Waals surface area contributed by atoms with E-state index in [0.717, 1.165) is 24.8 Å². The van der Waals surface area contributed by atoms with E-state index in [-0.39, 0.29) is 5.75 Å². The van der Waals surface area contributed by atoms with Crippen LogP contribution in [0.4, 0.5) is 0 Å². The molecule has 3 heteroatoms. The van der Waals surface area contributed by atoms with E-state index in [2.05, 4.69) is 39.5 Å². The second-order valence-corrected chi connectivity index (χ2v) is 8.15. The van der Waals surface area contributed by atoms with Gasteiger partial charge in [-0.15, -0.1) is 0 Å². The zero-order chi connectivity index (χ0) is 18.0. The molecular weight excluding hydrogens is 316 g/mol. The Bertz CT molecular complexity index is 716. The topological polar surface area (TPSA) is 34.1 Å². The minimum atomic E-state index is -3.31. The van der Waals surface area contributed by atoms with Gasteiger partial charge < -0.3 is 0 Å². The van der Waals surface area contributed by atoms with Crippen LogP contribution < -0.4 is 0 Å². The van der Waals surface area contributed by atoms with Crippen LogP contribution in [0.25, 0.3) is 0 Å². The van der Waals surface area contributed by atoms with Gasteiger partial charge in [-0.25, -0.2) is 8.42 Å². The third-order valence-corrected chi connectivity index (χ3v) is 5.36. The predicted octanol–water partition coefficient (Wildman–Crippen LogP) is 5.66. The van der Waals surface area contributed by atoms with Crippen LogP contribution in [0.1, 0.15) is 40.0 Å². The maximum atomic E-state index is 12.4. The van der Waals surface area contributed by atoms with Crippen molar-refractivity contribution in [2.24, 2.45) is 0 Å². The van der Waals surface area contributed by atoms with E-state index in [9.17, 15) is 8.42 Å². The minimum absolute atomic E-state index is 0.00876. The highest BCUT2D eigenvalue weighted by atomic mass is 32.2. The standard InChI is InChI=1S/C21H28O2S/c1-5-20(14-10-13-19(4)12-9-11-18(2)3)17-24(22,23)21-15-7-6-8-16-21/h5-8,11,13-16H,1,9-10,12,17H2,2-4H3/b19-13+,20-14-. The highest BCUT2D eigenvalue weighted by molar-refractivity contribution is 7.91. The first-order chi connectivity index (χ1) is 11.3. The molecule has 0 spiro atoms. The predicted molar refractivity (Wildman–Crippen MR) is 104 cm³/mol. The molecule has 0 fully saturated rings. The highest BCUT2D eigenvalue weighted by Crippen LogP contribution is 2.15. The smallest absolute Gasteiger partial charge is 0.182 e. The van der Waals surface area contributed by atoms with Crippen LogP contribution in [0.2, 0.25) is 0 Å². The summed E-state index contributed by atoms with van der Waals surface area (Å²) in [5, 5.41) is 0. The Balaban J connectivity index is 2.68. The van der Waals surface area contributed by atoms with Crippen molar-refractivity contribution < 1.29 is 8.42 Å². The van der Waals surface area contributed by atoms with Crippen LogP contribution in [0.5, 0.6) is 0 Å². The van der Waals surface area contributed by atoms with E-state index in [1.54, 1.807) is 30.3 Å². The molecule has 0 heterocycles. The van der Waals surface area contributed by atoms with Crippen LogP contribution >= 0.6 is 0 Å². The Labute approximate surface area is 147 Å². The van der Waals surface area contributed by atoms with Crippen LogP contribution in [0, 0.1) is 0 Å². The van der Waals surface area contributed by atoms with Gasteiger partial charge in [-0.1, -0.05) is 60.2 Å². The summed E-state index contributed by atoms with van der Waals surface area (Å²) in [6.07, 6.45) is 10.8. The van der Waals surface area contributed by atoms with Crippen LogP contribution in [-0.4, -0.2) is 14.2 Å². The van der Waals surface area contributed by atoms with Gasteiger partial charge in [0.1, 0.15) is 0 Å². The first-order valence-electron chi connectivity index (χ1n) is 8.23. The molecule has 0 saturated heterocycles. The summed E-state index contributed by atoms with van der Waals surface area (Å²) >= 11 is 0. The van der Waals surface area contributed by atoms with Crippen molar-refractivity contribution in [2.75, 3.05) is 5.75 Å². The minimum Gasteiger partial charge on any atom is -0.223 e. The molecular formula is C21H28O2S. The highest BCUT2D eigenvalue weighted by Gasteiger charge is 2.14. The first kappa shape index (κ1) is 20.2. The Morgan fingerprint density at radius 2 is 1.71 bits per heavy atom. The molecule has 0 aliphatic rings. The lowest BCUT2D eigenvalue weighted by molar-refractivity contribution is 0.598. The first-order valence-corrected chi connectivity index (χ1v) is 9.88. The average molecular weight is 345 g/mol. The molecule has 0 aromatic heterocycles. The van der Waals surface area contributed by atoms with E-state index >= 15 is 0 Å². The molecule has 0 aliphatic heterocycles. The molecule has 24 heavy (non-hydrogen) atoms. The number of benzene rings is 1. The monoisotopic (exact) mass is 344 g/mol. The Hall–Kier alpha value is -1.87. The van der Waals surface area contributed by atoms with Gasteiger partial charge in [0.25, 0.3) is 0 Å². The molecule has 0 atom stereocenters. The van der Waals surface area contributed by atoms with Gasteiger partial charge in [-0.2, -0.15) is 0 Å². The quantitative estimate of drug-likeness (QED) is 0.428. The van der Waals surface area contributed by atoms with Crippen molar-refractivity contribution in [2.45, 2.75) is 44.9 Å². The Morgan fingerprint density at radius 1 is 1.04 bits per heavy atom. The van der Waals surface area contributed by atoms with Crippen molar-refractivity contribution in [3.63, 3.8) is 0 Å². The normalized spacial score (nSPS) is 12.8. The second-order valence-electron chi connectivity index (χ2n) is 6.16. The molecule has 0 radical (unpaired) electrons. The van der Waals surface area contributed by atoms with Gasteiger partial charge in [-0.3, -0.25) is 0 Å². The van der Waals surface area contributed by atoms with Gasteiger partial charge in [0.05, 0.1) is 10.6 Å². The maximum absolute atomic E-state index is 12.4. The van der Waals surface area contributed by atoms with E-state index in [1.165, 1.54) is 11.1 Å². The zero-order valence-electron chi connectivity index (χ0n) is 15.0. The lowest BCUT2D eigenvalue weighted by atomic mass is 10.1. The third kappa shape index (κ3) is 7.60. The fourth-order valence-corrected chi connectivity index (χ4v) is 3.65. The van der Waals surface area contributed by atoms with E-state index in [0.29, 0.717) is 4.90 Å². The molecule has 0 amide bonds. The summed E-state index contributed by atoms with van der Waals surface area (Å²) in [5.74, 6) is -0.00876. The molecule has 1 aromatic carbocycles. The molecule has 0 unspecified atom stereocenters. The SMILES string of the molecule is C=C/C(=C/C/C=C(\C)CCC=C(C)C)CS(=O)(=O)c1ccccc1. The Morgan fingerprint density at radius 3 is 2.29 bits per heavy atom. The van der Waals surface area contributed by atoms with Crippen molar-refractivity contribution in [3.8, 4) is 0 Å². The molecule has 1 rings (SSSR count). The molecule has 0 saturated carbocycles. The number of hydrogen-bond donors (Lipinski definition) is 0. The summed E-state index contributed by atoms with van der Waals surface area (Å²) in [7, 11) is -3.31. The number of sulfone groups is 1. The molecule has 2 nitrogen and oxygen atoms in total. The van der Waals surface area contributed by atoms with Crippen LogP contribution in [0.3, 0.4) is 0 Å². The molecule has 0 bridgehead atoms. The lowest BCUT2D eigenvalue weighted by Crippen LogP contribution is -2.08. The van der Waals surface area contributed by atoms with E-state index in [1.807, 2.05) is 12.1 Å². The van der Waals surface area contributed by atoms with Gasteiger partial charge >= 0.3 is 0 Å². The van der Waals surface area contributed by atoms with Gasteiger partial charge in [0.2, 0.25) is 0 Å². The van der Waals surface area contributed by atoms with Gasteiger partial charge in [0, 0.05) is 0 Å². The van der Waals surface area contributed by atoms with Crippen LogP contribution in [0.15, 0.2) is 82.8 Å².